The zero-order valence-electron chi connectivity index (χ0n) is 10.5. The minimum atomic E-state index is -4.23. The number of benzene rings is 2. The highest BCUT2D eigenvalue weighted by molar-refractivity contribution is 7.86. The summed E-state index contributed by atoms with van der Waals surface area (Å²) in [5, 5.41) is 1.36. The van der Waals surface area contributed by atoms with Crippen LogP contribution in [-0.4, -0.2) is 38.0 Å². The fraction of sp³-hybridized carbons (Fsp3) is 0.154. The minimum absolute atomic E-state index is 0.0585. The SMILES string of the molecule is CN1C=[N+](C)c2ccc(S(=O)(=O)O)c3cccc1c23. The Labute approximate surface area is 111 Å². The van der Waals surface area contributed by atoms with Crippen LogP contribution in [0.4, 0.5) is 11.4 Å². The molecule has 2 aromatic carbocycles. The van der Waals surface area contributed by atoms with Crippen LogP contribution < -0.4 is 4.90 Å². The summed E-state index contributed by atoms with van der Waals surface area (Å²) in [6, 6.07) is 8.55. The molecule has 0 radical (unpaired) electrons. The Kier molecular flexibility index (Phi) is 2.42. The smallest absolute Gasteiger partial charge is 0.282 e. The molecule has 1 N–H and O–H groups in total. The minimum Gasteiger partial charge on any atom is -0.282 e. The van der Waals surface area contributed by atoms with Gasteiger partial charge in [0.25, 0.3) is 10.1 Å². The summed E-state index contributed by atoms with van der Waals surface area (Å²) in [5.41, 5.74) is 1.83. The van der Waals surface area contributed by atoms with Gasteiger partial charge in [-0.15, -0.1) is 0 Å². The third kappa shape index (κ3) is 1.72. The zero-order valence-corrected chi connectivity index (χ0v) is 11.3. The number of hydrogen-bond acceptors (Lipinski definition) is 3. The Morgan fingerprint density at radius 2 is 1.95 bits per heavy atom. The second-order valence-corrected chi connectivity index (χ2v) is 5.98. The Morgan fingerprint density at radius 3 is 2.63 bits per heavy atom. The van der Waals surface area contributed by atoms with E-state index in [9.17, 15) is 13.0 Å². The van der Waals surface area contributed by atoms with E-state index in [0.717, 1.165) is 16.8 Å². The fourth-order valence-electron chi connectivity index (χ4n) is 2.54. The molecule has 0 unspecified atom stereocenters. The highest BCUT2D eigenvalue weighted by Gasteiger charge is 2.25. The number of hydrogen-bond donors (Lipinski definition) is 1. The molecule has 1 aliphatic heterocycles. The quantitative estimate of drug-likeness (QED) is 0.638. The first kappa shape index (κ1) is 12.1. The van der Waals surface area contributed by atoms with E-state index >= 15 is 0 Å². The second-order valence-electron chi connectivity index (χ2n) is 4.59. The summed E-state index contributed by atoms with van der Waals surface area (Å²) < 4.78 is 34.2. The topological polar surface area (TPSA) is 60.6 Å². The standard InChI is InChI=1S/C13H12N2O3S/c1-14-8-15(2)11-6-7-12(19(16,17)18)9-4-3-5-10(14)13(9)11/h3-8H,1-2H3/p+1. The summed E-state index contributed by atoms with van der Waals surface area (Å²) in [5.74, 6) is 0. The largest absolute Gasteiger partial charge is 0.295 e. The van der Waals surface area contributed by atoms with Gasteiger partial charge in [-0.05, 0) is 18.2 Å². The van der Waals surface area contributed by atoms with Crippen molar-refractivity contribution in [1.82, 2.24) is 0 Å². The van der Waals surface area contributed by atoms with Gasteiger partial charge in [0.1, 0.15) is 16.3 Å². The van der Waals surface area contributed by atoms with Crippen molar-refractivity contribution in [3.63, 3.8) is 0 Å². The molecule has 0 amide bonds. The van der Waals surface area contributed by atoms with Crippen LogP contribution in [-0.2, 0) is 10.1 Å². The molecular weight excluding hydrogens is 264 g/mol. The Morgan fingerprint density at radius 1 is 1.21 bits per heavy atom. The van der Waals surface area contributed by atoms with Gasteiger partial charge in [0.15, 0.2) is 0 Å². The molecule has 1 aliphatic rings. The van der Waals surface area contributed by atoms with Crippen LogP contribution in [0.2, 0.25) is 0 Å². The first-order valence-electron chi connectivity index (χ1n) is 5.73. The Bertz CT molecular complexity index is 825. The monoisotopic (exact) mass is 277 g/mol. The molecule has 0 aromatic heterocycles. The van der Waals surface area contributed by atoms with Crippen LogP contribution in [0.5, 0.6) is 0 Å². The first-order valence-corrected chi connectivity index (χ1v) is 7.17. The normalized spacial score (nSPS) is 14.7. The van der Waals surface area contributed by atoms with Gasteiger partial charge in [-0.3, -0.25) is 4.55 Å². The van der Waals surface area contributed by atoms with Gasteiger partial charge in [-0.2, -0.15) is 8.42 Å². The lowest BCUT2D eigenvalue weighted by atomic mass is 10.0. The summed E-state index contributed by atoms with van der Waals surface area (Å²) in [6.07, 6.45) is 1.92. The number of rotatable bonds is 1. The van der Waals surface area contributed by atoms with Gasteiger partial charge in [0.2, 0.25) is 6.34 Å². The van der Waals surface area contributed by atoms with Crippen molar-refractivity contribution < 1.29 is 17.5 Å². The van der Waals surface area contributed by atoms with Crippen molar-refractivity contribution in [2.75, 3.05) is 19.0 Å². The molecule has 0 aliphatic carbocycles. The molecule has 3 rings (SSSR count). The summed E-state index contributed by atoms with van der Waals surface area (Å²) in [4.78, 5) is 1.86. The Hall–Kier alpha value is -1.92. The summed E-state index contributed by atoms with van der Waals surface area (Å²) in [7, 11) is -0.435. The average molecular weight is 277 g/mol. The third-order valence-corrected chi connectivity index (χ3v) is 4.25. The van der Waals surface area contributed by atoms with Gasteiger partial charge in [-0.25, -0.2) is 9.48 Å². The lowest BCUT2D eigenvalue weighted by molar-refractivity contribution is -0.399. The molecule has 19 heavy (non-hydrogen) atoms. The molecule has 1 heterocycles. The highest BCUT2D eigenvalue weighted by atomic mass is 32.2. The maximum atomic E-state index is 11.5. The van der Waals surface area contributed by atoms with Crippen molar-refractivity contribution in [2.45, 2.75) is 4.90 Å². The van der Waals surface area contributed by atoms with Gasteiger partial charge >= 0.3 is 0 Å². The molecule has 0 bridgehead atoms. The second kappa shape index (κ2) is 3.79. The van der Waals surface area contributed by atoms with Crippen molar-refractivity contribution in [3.8, 4) is 0 Å². The Balaban J connectivity index is 2.53. The van der Waals surface area contributed by atoms with Crippen molar-refractivity contribution in [1.29, 1.82) is 0 Å². The lowest BCUT2D eigenvalue weighted by Gasteiger charge is -2.19. The van der Waals surface area contributed by atoms with Crippen LogP contribution in [0, 0.1) is 0 Å². The predicted octanol–water partition coefficient (Wildman–Crippen LogP) is 1.84. The molecule has 0 spiro atoms. The van der Waals surface area contributed by atoms with Gasteiger partial charge in [0.05, 0.1) is 19.5 Å². The molecule has 5 nitrogen and oxygen atoms in total. The fourth-order valence-corrected chi connectivity index (χ4v) is 3.23. The molecule has 0 saturated heterocycles. The molecule has 0 atom stereocenters. The molecule has 98 valence electrons. The number of nitrogens with zero attached hydrogens (tertiary/aromatic N) is 2. The third-order valence-electron chi connectivity index (χ3n) is 3.34. The van der Waals surface area contributed by atoms with E-state index in [0.29, 0.717) is 5.39 Å². The van der Waals surface area contributed by atoms with E-state index in [-0.39, 0.29) is 4.90 Å². The summed E-state index contributed by atoms with van der Waals surface area (Å²) in [6.45, 7) is 0. The van der Waals surface area contributed by atoms with Crippen molar-refractivity contribution >= 4 is 38.6 Å². The van der Waals surface area contributed by atoms with E-state index < -0.39 is 10.1 Å². The zero-order chi connectivity index (χ0) is 13.8. The van der Waals surface area contributed by atoms with Crippen LogP contribution in [0.3, 0.4) is 0 Å². The van der Waals surface area contributed by atoms with Crippen LogP contribution >= 0.6 is 0 Å². The van der Waals surface area contributed by atoms with E-state index in [4.69, 9.17) is 0 Å². The maximum Gasteiger partial charge on any atom is 0.295 e. The first-order chi connectivity index (χ1) is 8.89. The van der Waals surface area contributed by atoms with Gasteiger partial charge < -0.3 is 0 Å². The van der Waals surface area contributed by atoms with Crippen LogP contribution in [0.15, 0.2) is 35.2 Å². The van der Waals surface area contributed by atoms with Gasteiger partial charge in [-0.1, -0.05) is 12.1 Å². The van der Waals surface area contributed by atoms with Crippen molar-refractivity contribution in [3.05, 3.63) is 30.3 Å². The molecular formula is C13H13N2O3S+. The van der Waals surface area contributed by atoms with E-state index in [2.05, 4.69) is 0 Å². The van der Waals surface area contributed by atoms with E-state index in [1.807, 2.05) is 36.0 Å². The van der Waals surface area contributed by atoms with Crippen molar-refractivity contribution in [2.24, 2.45) is 0 Å². The molecule has 6 heteroatoms. The van der Waals surface area contributed by atoms with Gasteiger partial charge in [0, 0.05) is 5.39 Å². The highest BCUT2D eigenvalue weighted by Crippen LogP contribution is 2.38. The molecule has 2 aromatic rings. The predicted molar refractivity (Wildman–Crippen MR) is 74.1 cm³/mol. The van der Waals surface area contributed by atoms with E-state index in [1.165, 1.54) is 6.07 Å². The van der Waals surface area contributed by atoms with E-state index in [1.54, 1.807) is 18.2 Å². The van der Waals surface area contributed by atoms with Crippen LogP contribution in [0.25, 0.3) is 10.8 Å². The molecule has 0 fully saturated rings. The molecule has 0 saturated carbocycles. The average Bonchev–Trinajstić information content (AvgIpc) is 2.33. The van der Waals surface area contributed by atoms with Crippen LogP contribution in [0.1, 0.15) is 0 Å². The maximum absolute atomic E-state index is 11.5. The lowest BCUT2D eigenvalue weighted by Crippen LogP contribution is -2.24. The number of anilines is 1. The summed E-state index contributed by atoms with van der Waals surface area (Å²) >= 11 is 0.